The van der Waals surface area contributed by atoms with Gasteiger partial charge in [-0.15, -0.1) is 0 Å². The number of Topliss-reactive ketones (excluding diaryl/α,β-unsaturated/α-hetero) is 1. The van der Waals surface area contributed by atoms with Crippen molar-refractivity contribution in [2.45, 2.75) is 34.3 Å². The first-order valence-corrected chi connectivity index (χ1v) is 7.90. The lowest BCUT2D eigenvalue weighted by Gasteiger charge is -2.15. The molecule has 0 radical (unpaired) electrons. The number of carbonyl (C=O) groups is 2. The van der Waals surface area contributed by atoms with E-state index in [0.29, 0.717) is 5.56 Å². The minimum absolute atomic E-state index is 0.244. The monoisotopic (exact) mass is 325 g/mol. The Bertz CT molecular complexity index is 794. The molecule has 1 N–H and O–H groups in total. The zero-order valence-corrected chi connectivity index (χ0v) is 14.8. The van der Waals surface area contributed by atoms with E-state index in [-0.39, 0.29) is 6.61 Å². The molecule has 2 aromatic carbocycles. The number of nitrogens with one attached hydrogen (secondary N) is 1. The van der Waals surface area contributed by atoms with Gasteiger partial charge in [0.15, 0.2) is 0 Å². The fourth-order valence-corrected chi connectivity index (χ4v) is 2.58. The summed E-state index contributed by atoms with van der Waals surface area (Å²) in [6.07, 6.45) is 0. The topological polar surface area (TPSA) is 55.4 Å². The van der Waals surface area contributed by atoms with Crippen LogP contribution >= 0.6 is 0 Å². The second-order valence-corrected chi connectivity index (χ2v) is 6.00. The maximum absolute atomic E-state index is 12.3. The van der Waals surface area contributed by atoms with Gasteiger partial charge in [0.25, 0.3) is 11.7 Å². The van der Waals surface area contributed by atoms with Crippen molar-refractivity contribution in [3.05, 3.63) is 63.7 Å². The predicted molar refractivity (Wildman–Crippen MR) is 94.6 cm³/mol. The standard InChI is InChI=1S/C20H23NO3/c1-12-7-6-8-16(19(22)20(23)21-5)17(12)11-24-18-10-14(3)13(2)9-15(18)4/h6-10H,11H2,1-5H3,(H,21,23). The molecule has 0 fully saturated rings. The van der Waals surface area contributed by atoms with Crippen LogP contribution in [0.1, 0.15) is 38.2 Å². The van der Waals surface area contributed by atoms with Crippen LogP contribution < -0.4 is 10.1 Å². The lowest BCUT2D eigenvalue weighted by Crippen LogP contribution is -2.28. The van der Waals surface area contributed by atoms with Crippen LogP contribution in [0, 0.1) is 27.7 Å². The Morgan fingerprint density at radius 1 is 0.958 bits per heavy atom. The number of hydrogen-bond donors (Lipinski definition) is 1. The molecule has 0 saturated heterocycles. The van der Waals surface area contributed by atoms with Crippen LogP contribution in [0.5, 0.6) is 5.75 Å². The highest BCUT2D eigenvalue weighted by Crippen LogP contribution is 2.25. The molecule has 2 rings (SSSR count). The molecule has 1 amide bonds. The maximum atomic E-state index is 12.3. The molecule has 0 aliphatic rings. The third-order valence-corrected chi connectivity index (χ3v) is 4.25. The Kier molecular flexibility index (Phi) is 5.39. The normalized spacial score (nSPS) is 10.4. The molecule has 0 saturated carbocycles. The zero-order valence-electron chi connectivity index (χ0n) is 14.8. The summed E-state index contributed by atoms with van der Waals surface area (Å²) in [6.45, 7) is 8.25. The summed E-state index contributed by atoms with van der Waals surface area (Å²) in [5.41, 5.74) is 5.46. The molecule has 0 atom stereocenters. The molecule has 0 spiro atoms. The first kappa shape index (κ1) is 17.7. The van der Waals surface area contributed by atoms with Gasteiger partial charge in [-0.3, -0.25) is 9.59 Å². The summed E-state index contributed by atoms with van der Waals surface area (Å²) < 4.78 is 5.96. The fourth-order valence-electron chi connectivity index (χ4n) is 2.58. The fraction of sp³-hybridized carbons (Fsp3) is 0.300. The summed E-state index contributed by atoms with van der Waals surface area (Å²) >= 11 is 0. The van der Waals surface area contributed by atoms with Gasteiger partial charge in [-0.05, 0) is 56.0 Å². The molecule has 0 bridgehead atoms. The van der Waals surface area contributed by atoms with Gasteiger partial charge >= 0.3 is 0 Å². The molecular weight excluding hydrogens is 302 g/mol. The molecule has 0 aliphatic carbocycles. The lowest BCUT2D eigenvalue weighted by molar-refractivity contribution is -0.116. The second kappa shape index (κ2) is 7.30. The minimum Gasteiger partial charge on any atom is -0.489 e. The van der Waals surface area contributed by atoms with Crippen molar-refractivity contribution < 1.29 is 14.3 Å². The van der Waals surface area contributed by atoms with E-state index in [1.165, 1.54) is 12.6 Å². The smallest absolute Gasteiger partial charge is 0.292 e. The average molecular weight is 325 g/mol. The third kappa shape index (κ3) is 3.65. The van der Waals surface area contributed by atoms with Crippen molar-refractivity contribution in [3.8, 4) is 5.75 Å². The molecule has 0 heterocycles. The third-order valence-electron chi connectivity index (χ3n) is 4.25. The van der Waals surface area contributed by atoms with Gasteiger partial charge in [-0.2, -0.15) is 0 Å². The minimum atomic E-state index is -0.621. The molecule has 0 aliphatic heterocycles. The zero-order chi connectivity index (χ0) is 17.9. The van der Waals surface area contributed by atoms with Crippen molar-refractivity contribution in [1.82, 2.24) is 5.32 Å². The molecule has 2 aromatic rings. The van der Waals surface area contributed by atoms with E-state index in [0.717, 1.165) is 28.0 Å². The molecule has 126 valence electrons. The van der Waals surface area contributed by atoms with E-state index < -0.39 is 11.7 Å². The van der Waals surface area contributed by atoms with Crippen LogP contribution in [-0.4, -0.2) is 18.7 Å². The van der Waals surface area contributed by atoms with E-state index in [2.05, 4.69) is 18.3 Å². The number of hydrogen-bond acceptors (Lipinski definition) is 3. The number of likely N-dealkylation sites (N-methyl/N-ethyl adjacent to an activating group) is 1. The van der Waals surface area contributed by atoms with E-state index in [9.17, 15) is 9.59 Å². The van der Waals surface area contributed by atoms with Gasteiger partial charge in [-0.1, -0.05) is 24.3 Å². The van der Waals surface area contributed by atoms with Crippen molar-refractivity contribution in [2.75, 3.05) is 7.05 Å². The molecule has 4 heteroatoms. The highest BCUT2D eigenvalue weighted by Gasteiger charge is 2.19. The molecule has 24 heavy (non-hydrogen) atoms. The van der Waals surface area contributed by atoms with Crippen LogP contribution in [0.25, 0.3) is 0 Å². The van der Waals surface area contributed by atoms with Crippen molar-refractivity contribution in [3.63, 3.8) is 0 Å². The molecule has 4 nitrogen and oxygen atoms in total. The Morgan fingerprint density at radius 2 is 1.62 bits per heavy atom. The molecule has 0 unspecified atom stereocenters. The number of aryl methyl sites for hydroxylation is 4. The van der Waals surface area contributed by atoms with Crippen molar-refractivity contribution >= 4 is 11.7 Å². The number of ketones is 1. The summed E-state index contributed by atoms with van der Waals surface area (Å²) in [5, 5.41) is 2.38. The Balaban J connectivity index is 2.32. The summed E-state index contributed by atoms with van der Waals surface area (Å²) in [5.74, 6) is -0.375. The highest BCUT2D eigenvalue weighted by molar-refractivity contribution is 6.43. The quantitative estimate of drug-likeness (QED) is 0.677. The predicted octanol–water partition coefficient (Wildman–Crippen LogP) is 3.43. The second-order valence-electron chi connectivity index (χ2n) is 6.00. The van der Waals surface area contributed by atoms with Crippen LogP contribution in [0.15, 0.2) is 30.3 Å². The van der Waals surface area contributed by atoms with Gasteiger partial charge in [0.1, 0.15) is 12.4 Å². The van der Waals surface area contributed by atoms with Crippen LogP contribution in [0.4, 0.5) is 0 Å². The first-order chi connectivity index (χ1) is 11.3. The molecule has 0 aromatic heterocycles. The lowest BCUT2D eigenvalue weighted by atomic mass is 9.99. The largest absolute Gasteiger partial charge is 0.489 e. The van der Waals surface area contributed by atoms with Gasteiger partial charge in [0, 0.05) is 18.2 Å². The SMILES string of the molecule is CNC(=O)C(=O)c1cccc(C)c1COc1cc(C)c(C)cc1C. The van der Waals surface area contributed by atoms with E-state index in [1.807, 2.05) is 32.9 Å². The summed E-state index contributed by atoms with van der Waals surface area (Å²) in [4.78, 5) is 23.9. The Morgan fingerprint density at radius 3 is 2.29 bits per heavy atom. The number of rotatable bonds is 5. The molecular formula is C20H23NO3. The summed E-state index contributed by atoms with van der Waals surface area (Å²) in [6, 6.07) is 9.43. The van der Waals surface area contributed by atoms with E-state index >= 15 is 0 Å². The van der Waals surface area contributed by atoms with Crippen LogP contribution in [-0.2, 0) is 11.4 Å². The van der Waals surface area contributed by atoms with Gasteiger partial charge in [-0.25, -0.2) is 0 Å². The van der Waals surface area contributed by atoms with Crippen LogP contribution in [0.2, 0.25) is 0 Å². The average Bonchev–Trinajstić information content (AvgIpc) is 2.56. The number of amides is 1. The van der Waals surface area contributed by atoms with E-state index in [4.69, 9.17) is 4.74 Å². The first-order valence-electron chi connectivity index (χ1n) is 7.90. The van der Waals surface area contributed by atoms with Crippen molar-refractivity contribution in [1.29, 1.82) is 0 Å². The Hall–Kier alpha value is -2.62. The van der Waals surface area contributed by atoms with Crippen molar-refractivity contribution in [2.24, 2.45) is 0 Å². The maximum Gasteiger partial charge on any atom is 0.292 e. The number of benzene rings is 2. The summed E-state index contributed by atoms with van der Waals surface area (Å²) in [7, 11) is 1.45. The van der Waals surface area contributed by atoms with E-state index in [1.54, 1.807) is 12.1 Å². The Labute approximate surface area is 142 Å². The van der Waals surface area contributed by atoms with Gasteiger partial charge in [0.2, 0.25) is 0 Å². The number of carbonyl (C=O) groups excluding carboxylic acids is 2. The van der Waals surface area contributed by atoms with Crippen LogP contribution in [0.3, 0.4) is 0 Å². The highest BCUT2D eigenvalue weighted by atomic mass is 16.5. The van der Waals surface area contributed by atoms with Gasteiger partial charge < -0.3 is 10.1 Å². The number of ether oxygens (including phenoxy) is 1. The van der Waals surface area contributed by atoms with Gasteiger partial charge in [0.05, 0.1) is 0 Å².